The van der Waals surface area contributed by atoms with E-state index in [1.54, 1.807) is 26.6 Å². The van der Waals surface area contributed by atoms with Crippen molar-refractivity contribution in [3.05, 3.63) is 53.2 Å². The molecule has 3 aromatic heterocycles. The van der Waals surface area contributed by atoms with Crippen molar-refractivity contribution in [2.24, 2.45) is 7.05 Å². The number of aryl methyl sites for hydroxylation is 3. The molecule has 0 aliphatic carbocycles. The maximum absolute atomic E-state index is 13.8. The molecule has 1 aliphatic heterocycles. The van der Waals surface area contributed by atoms with Crippen molar-refractivity contribution in [1.29, 1.82) is 0 Å². The van der Waals surface area contributed by atoms with Crippen molar-refractivity contribution >= 4 is 11.7 Å². The van der Waals surface area contributed by atoms with Crippen molar-refractivity contribution in [3.8, 4) is 17.1 Å². The molecule has 0 radical (unpaired) electrons. The van der Waals surface area contributed by atoms with Crippen LogP contribution < -0.4 is 10.1 Å². The summed E-state index contributed by atoms with van der Waals surface area (Å²) >= 11 is 0. The summed E-state index contributed by atoms with van der Waals surface area (Å²) in [5.41, 5.74) is 3.71. The molecule has 0 bridgehead atoms. The number of methoxy groups -OCH3 is 1. The number of carbonyl (C=O) groups is 1. The number of pyridine rings is 2. The first-order valence-electron chi connectivity index (χ1n) is 11.9. The summed E-state index contributed by atoms with van der Waals surface area (Å²) in [6.45, 7) is 7.74. The van der Waals surface area contributed by atoms with E-state index >= 15 is 0 Å². The minimum atomic E-state index is -3.03. The molecule has 4 rings (SSSR count). The molecule has 36 heavy (non-hydrogen) atoms. The van der Waals surface area contributed by atoms with E-state index < -0.39 is 5.92 Å². The minimum Gasteiger partial charge on any atom is -0.481 e. The van der Waals surface area contributed by atoms with Crippen LogP contribution >= 0.6 is 0 Å². The van der Waals surface area contributed by atoms with Gasteiger partial charge in [-0.3, -0.25) is 4.79 Å². The molecule has 1 amide bonds. The van der Waals surface area contributed by atoms with Gasteiger partial charge >= 0.3 is 5.92 Å². The highest BCUT2D eigenvalue weighted by atomic mass is 19.3. The molecule has 1 N–H and O–H groups in total. The quantitative estimate of drug-likeness (QED) is 0.519. The molecule has 2 atom stereocenters. The zero-order valence-electron chi connectivity index (χ0n) is 21.5. The molecule has 4 heterocycles. The molecule has 0 aromatic carbocycles. The van der Waals surface area contributed by atoms with Crippen molar-refractivity contribution < 1.29 is 18.3 Å². The van der Waals surface area contributed by atoms with Crippen LogP contribution in [-0.2, 0) is 17.8 Å². The van der Waals surface area contributed by atoms with Crippen LogP contribution in [0.25, 0.3) is 11.3 Å². The van der Waals surface area contributed by atoms with Crippen molar-refractivity contribution in [3.63, 3.8) is 0 Å². The normalized spacial score (nSPS) is 16.8. The summed E-state index contributed by atoms with van der Waals surface area (Å²) < 4.78 is 34.1. The maximum Gasteiger partial charge on any atom is 0.302 e. The lowest BCUT2D eigenvalue weighted by Crippen LogP contribution is -2.34. The summed E-state index contributed by atoms with van der Waals surface area (Å²) in [7, 11) is 3.12. The molecule has 192 valence electrons. The third kappa shape index (κ3) is 5.17. The SMILES string of the molecule is COc1cc(C(C)C(=O)N2CC[C@H](Nc3ccc(-c4cn(C)c(C(C)(F)F)n4)c(C)n3)C2)c(C)cn1. The number of ether oxygens (including phenoxy) is 1. The van der Waals surface area contributed by atoms with Crippen molar-refractivity contribution in [2.45, 2.75) is 52.0 Å². The number of halogens is 2. The number of nitrogens with one attached hydrogen (secondary N) is 1. The predicted octanol–water partition coefficient (Wildman–Crippen LogP) is 4.43. The van der Waals surface area contributed by atoms with Gasteiger partial charge in [0.15, 0.2) is 5.82 Å². The van der Waals surface area contributed by atoms with E-state index in [1.165, 1.54) is 4.57 Å². The molecule has 8 nitrogen and oxygen atoms in total. The molecule has 0 spiro atoms. The van der Waals surface area contributed by atoms with Crippen LogP contribution in [0.2, 0.25) is 0 Å². The van der Waals surface area contributed by atoms with E-state index in [0.717, 1.165) is 24.5 Å². The Morgan fingerprint density at radius 3 is 2.67 bits per heavy atom. The fourth-order valence-corrected chi connectivity index (χ4v) is 4.71. The summed E-state index contributed by atoms with van der Waals surface area (Å²) in [4.78, 5) is 28.0. The highest BCUT2D eigenvalue weighted by Gasteiger charge is 2.32. The smallest absolute Gasteiger partial charge is 0.302 e. The molecule has 1 fully saturated rings. The number of nitrogens with zero attached hydrogens (tertiary/aromatic N) is 5. The summed E-state index contributed by atoms with van der Waals surface area (Å²) in [6.07, 6.45) is 4.11. The Morgan fingerprint density at radius 2 is 2.03 bits per heavy atom. The van der Waals surface area contributed by atoms with E-state index in [9.17, 15) is 13.6 Å². The third-order valence-corrected chi connectivity index (χ3v) is 6.65. The maximum atomic E-state index is 13.8. The molecule has 0 saturated carbocycles. The summed E-state index contributed by atoms with van der Waals surface area (Å²) in [5, 5.41) is 3.41. The zero-order valence-corrected chi connectivity index (χ0v) is 21.5. The molecule has 1 unspecified atom stereocenters. The summed E-state index contributed by atoms with van der Waals surface area (Å²) in [5.74, 6) is -2.39. The van der Waals surface area contributed by atoms with E-state index in [0.29, 0.717) is 41.7 Å². The number of hydrogen-bond donors (Lipinski definition) is 1. The van der Waals surface area contributed by atoms with Gasteiger partial charge in [-0.15, -0.1) is 0 Å². The van der Waals surface area contributed by atoms with E-state index in [2.05, 4.69) is 20.3 Å². The lowest BCUT2D eigenvalue weighted by atomic mass is 9.97. The number of anilines is 1. The number of amides is 1. The van der Waals surface area contributed by atoms with Gasteiger partial charge in [-0.25, -0.2) is 15.0 Å². The third-order valence-electron chi connectivity index (χ3n) is 6.65. The van der Waals surface area contributed by atoms with Crippen molar-refractivity contribution in [2.75, 3.05) is 25.5 Å². The van der Waals surface area contributed by atoms with Crippen molar-refractivity contribution in [1.82, 2.24) is 24.4 Å². The van der Waals surface area contributed by atoms with Gasteiger partial charge in [-0.1, -0.05) is 0 Å². The van der Waals surface area contributed by atoms with E-state index in [4.69, 9.17) is 4.74 Å². The Balaban J connectivity index is 1.42. The van der Waals surface area contributed by atoms with Gasteiger partial charge in [0, 0.05) is 62.8 Å². The second-order valence-corrected chi connectivity index (χ2v) is 9.50. The number of rotatable bonds is 7. The first-order valence-corrected chi connectivity index (χ1v) is 11.9. The average molecular weight is 499 g/mol. The number of alkyl halides is 2. The largest absolute Gasteiger partial charge is 0.481 e. The Labute approximate surface area is 209 Å². The molecule has 3 aromatic rings. The number of carbonyl (C=O) groups excluding carboxylic acids is 1. The zero-order chi connectivity index (χ0) is 26.2. The van der Waals surface area contributed by atoms with Crippen LogP contribution in [0.3, 0.4) is 0 Å². The fraction of sp³-hybridized carbons (Fsp3) is 0.462. The average Bonchev–Trinajstić information content (AvgIpc) is 3.45. The van der Waals surface area contributed by atoms with Crippen LogP contribution in [0.1, 0.15) is 48.8 Å². The summed E-state index contributed by atoms with van der Waals surface area (Å²) in [6, 6.07) is 5.54. The molecular formula is C26H32F2N6O2. The molecule has 1 aliphatic rings. The number of hydrogen-bond acceptors (Lipinski definition) is 6. The van der Waals surface area contributed by atoms with Gasteiger partial charge in [0.25, 0.3) is 0 Å². The van der Waals surface area contributed by atoms with Gasteiger partial charge in [0.05, 0.1) is 18.7 Å². The standard InChI is InChI=1S/C26H32F2N6O2/c1-15-12-29-23(36-6)11-20(15)16(2)24(35)34-10-9-18(13-34)31-22-8-7-19(17(3)30-22)21-14-33(5)25(32-21)26(4,27)28/h7-8,11-12,14,16,18H,9-10,13H2,1-6H3,(H,30,31)/t16?,18-/m0/s1. The van der Waals surface area contributed by atoms with Crippen LogP contribution in [0.4, 0.5) is 14.6 Å². The Bertz CT molecular complexity index is 1270. The highest BCUT2D eigenvalue weighted by Crippen LogP contribution is 2.31. The molecule has 1 saturated heterocycles. The van der Waals surface area contributed by atoms with Gasteiger partial charge in [-0.05, 0) is 50.5 Å². The van der Waals surface area contributed by atoms with Crippen LogP contribution in [0, 0.1) is 13.8 Å². The minimum absolute atomic E-state index is 0.0622. The monoisotopic (exact) mass is 498 g/mol. The lowest BCUT2D eigenvalue weighted by Gasteiger charge is -2.23. The van der Waals surface area contributed by atoms with Crippen LogP contribution in [0.5, 0.6) is 5.88 Å². The number of aromatic nitrogens is 4. The van der Waals surface area contributed by atoms with E-state index in [-0.39, 0.29) is 23.7 Å². The second-order valence-electron chi connectivity index (χ2n) is 9.50. The first kappa shape index (κ1) is 25.5. The Morgan fingerprint density at radius 1 is 1.28 bits per heavy atom. The van der Waals surface area contributed by atoms with Crippen LogP contribution in [-0.4, -0.2) is 56.6 Å². The van der Waals surface area contributed by atoms with Crippen LogP contribution in [0.15, 0.2) is 30.6 Å². The van der Waals surface area contributed by atoms with E-state index in [1.807, 2.05) is 43.9 Å². The lowest BCUT2D eigenvalue weighted by molar-refractivity contribution is -0.131. The topological polar surface area (TPSA) is 85.2 Å². The predicted molar refractivity (Wildman–Crippen MR) is 133 cm³/mol. The number of likely N-dealkylation sites (tertiary alicyclic amines) is 1. The molecular weight excluding hydrogens is 466 g/mol. The van der Waals surface area contributed by atoms with Gasteiger partial charge in [0.1, 0.15) is 5.82 Å². The Kier molecular flexibility index (Phi) is 6.97. The van der Waals surface area contributed by atoms with Gasteiger partial charge < -0.3 is 19.5 Å². The Hall–Kier alpha value is -3.56. The molecule has 10 heteroatoms. The number of imidazole rings is 1. The first-order chi connectivity index (χ1) is 17.0. The van der Waals surface area contributed by atoms with Gasteiger partial charge in [-0.2, -0.15) is 8.78 Å². The van der Waals surface area contributed by atoms with Gasteiger partial charge in [0.2, 0.25) is 11.8 Å². The fourth-order valence-electron chi connectivity index (χ4n) is 4.71. The second kappa shape index (κ2) is 9.83. The highest BCUT2D eigenvalue weighted by molar-refractivity contribution is 5.84.